The molecule has 0 saturated carbocycles. The van der Waals surface area contributed by atoms with Crippen LogP contribution in [0, 0.1) is 6.92 Å². The summed E-state index contributed by atoms with van der Waals surface area (Å²) in [6, 6.07) is 14.8. The van der Waals surface area contributed by atoms with Crippen molar-refractivity contribution in [3.05, 3.63) is 53.6 Å². The Bertz CT molecular complexity index is 537. The van der Waals surface area contributed by atoms with E-state index in [2.05, 4.69) is 54.9 Å². The van der Waals surface area contributed by atoms with Crippen LogP contribution in [0.4, 0.5) is 5.69 Å². The van der Waals surface area contributed by atoms with Gasteiger partial charge in [0.2, 0.25) is 0 Å². The number of hydrogen-bond donors (Lipinski definition) is 1. The van der Waals surface area contributed by atoms with Gasteiger partial charge in [-0.1, -0.05) is 12.1 Å². The van der Waals surface area contributed by atoms with Crippen LogP contribution in [0.15, 0.2) is 47.4 Å². The van der Waals surface area contributed by atoms with E-state index < -0.39 is 0 Å². The summed E-state index contributed by atoms with van der Waals surface area (Å²) >= 11 is 1.76. The molecule has 0 spiro atoms. The number of hydrogen-bond acceptors (Lipinski definition) is 3. The fraction of sp³-hybridized carbons (Fsp3) is 0.250. The molecule has 2 rings (SSSR count). The molecule has 0 atom stereocenters. The van der Waals surface area contributed by atoms with E-state index in [9.17, 15) is 0 Å². The second-order valence-electron chi connectivity index (χ2n) is 4.39. The summed E-state index contributed by atoms with van der Waals surface area (Å²) in [5, 5.41) is 3.43. The molecule has 100 valence electrons. The van der Waals surface area contributed by atoms with E-state index in [4.69, 9.17) is 4.74 Å². The van der Waals surface area contributed by atoms with E-state index >= 15 is 0 Å². The molecule has 0 saturated heterocycles. The number of aryl methyl sites for hydroxylation is 1. The first-order valence-electron chi connectivity index (χ1n) is 6.24. The first-order valence-corrected chi connectivity index (χ1v) is 7.47. The van der Waals surface area contributed by atoms with Gasteiger partial charge in [0.15, 0.2) is 0 Å². The zero-order valence-electron chi connectivity index (χ0n) is 11.6. The summed E-state index contributed by atoms with van der Waals surface area (Å²) in [5.74, 6) is 0.938. The monoisotopic (exact) mass is 273 g/mol. The van der Waals surface area contributed by atoms with Gasteiger partial charge in [0, 0.05) is 17.1 Å². The minimum absolute atomic E-state index is 0.823. The van der Waals surface area contributed by atoms with Crippen LogP contribution in [-0.4, -0.2) is 13.4 Å². The summed E-state index contributed by atoms with van der Waals surface area (Å²) in [5.41, 5.74) is 3.57. The zero-order valence-corrected chi connectivity index (χ0v) is 12.4. The molecule has 2 aromatic carbocycles. The van der Waals surface area contributed by atoms with Gasteiger partial charge in [0.1, 0.15) is 5.75 Å². The smallest absolute Gasteiger partial charge is 0.121 e. The van der Waals surface area contributed by atoms with Crippen LogP contribution in [-0.2, 0) is 6.54 Å². The Kier molecular flexibility index (Phi) is 4.74. The fourth-order valence-electron chi connectivity index (χ4n) is 1.96. The Morgan fingerprint density at radius 2 is 1.84 bits per heavy atom. The van der Waals surface area contributed by atoms with E-state index in [1.54, 1.807) is 18.9 Å². The molecule has 0 aromatic heterocycles. The van der Waals surface area contributed by atoms with Gasteiger partial charge < -0.3 is 10.1 Å². The second-order valence-corrected chi connectivity index (χ2v) is 5.27. The normalized spacial score (nSPS) is 10.3. The highest BCUT2D eigenvalue weighted by molar-refractivity contribution is 7.98. The highest BCUT2D eigenvalue weighted by Crippen LogP contribution is 2.20. The number of thioether (sulfide) groups is 1. The Morgan fingerprint density at radius 1 is 1.11 bits per heavy atom. The lowest BCUT2D eigenvalue weighted by Gasteiger charge is -2.10. The van der Waals surface area contributed by atoms with Crippen LogP contribution in [0.2, 0.25) is 0 Å². The molecular formula is C16H19NOS. The van der Waals surface area contributed by atoms with E-state index in [1.165, 1.54) is 16.0 Å². The molecule has 0 heterocycles. The van der Waals surface area contributed by atoms with Gasteiger partial charge in [-0.3, -0.25) is 0 Å². The van der Waals surface area contributed by atoms with E-state index in [0.717, 1.165) is 18.0 Å². The highest BCUT2D eigenvalue weighted by Gasteiger charge is 2.00. The Hall–Kier alpha value is -1.61. The molecule has 2 nitrogen and oxygen atoms in total. The molecule has 0 fully saturated rings. The third kappa shape index (κ3) is 3.67. The van der Waals surface area contributed by atoms with Crippen molar-refractivity contribution in [1.82, 2.24) is 0 Å². The van der Waals surface area contributed by atoms with Crippen molar-refractivity contribution in [3.63, 3.8) is 0 Å². The van der Waals surface area contributed by atoms with Crippen molar-refractivity contribution in [2.45, 2.75) is 18.4 Å². The van der Waals surface area contributed by atoms with E-state index in [-0.39, 0.29) is 0 Å². The number of benzene rings is 2. The molecule has 0 amide bonds. The molecule has 0 aliphatic heterocycles. The second kappa shape index (κ2) is 6.53. The molecule has 0 radical (unpaired) electrons. The van der Waals surface area contributed by atoms with Crippen molar-refractivity contribution in [3.8, 4) is 5.75 Å². The molecule has 0 aliphatic rings. The summed E-state index contributed by atoms with van der Waals surface area (Å²) in [4.78, 5) is 1.28. The Morgan fingerprint density at radius 3 is 2.42 bits per heavy atom. The van der Waals surface area contributed by atoms with Gasteiger partial charge >= 0.3 is 0 Å². The molecular weight excluding hydrogens is 254 g/mol. The van der Waals surface area contributed by atoms with Crippen LogP contribution >= 0.6 is 11.8 Å². The third-order valence-corrected chi connectivity index (χ3v) is 3.79. The lowest BCUT2D eigenvalue weighted by Crippen LogP contribution is -2.00. The Labute approximate surface area is 119 Å². The van der Waals surface area contributed by atoms with Crippen molar-refractivity contribution in [1.29, 1.82) is 0 Å². The topological polar surface area (TPSA) is 21.3 Å². The van der Waals surface area contributed by atoms with Crippen molar-refractivity contribution >= 4 is 17.4 Å². The summed E-state index contributed by atoms with van der Waals surface area (Å²) < 4.78 is 5.27. The van der Waals surface area contributed by atoms with Crippen LogP contribution in [0.25, 0.3) is 0 Å². The first-order chi connectivity index (χ1) is 9.22. The molecule has 19 heavy (non-hydrogen) atoms. The van der Waals surface area contributed by atoms with Gasteiger partial charge in [0.25, 0.3) is 0 Å². The van der Waals surface area contributed by atoms with Crippen LogP contribution in [0.5, 0.6) is 5.75 Å². The maximum Gasteiger partial charge on any atom is 0.121 e. The summed E-state index contributed by atoms with van der Waals surface area (Å²) in [6.45, 7) is 2.89. The Balaban J connectivity index is 1.99. The quantitative estimate of drug-likeness (QED) is 0.819. The summed E-state index contributed by atoms with van der Waals surface area (Å²) in [6.07, 6.45) is 2.09. The molecule has 3 heteroatoms. The van der Waals surface area contributed by atoms with Crippen LogP contribution in [0.1, 0.15) is 11.1 Å². The van der Waals surface area contributed by atoms with Gasteiger partial charge in [-0.25, -0.2) is 0 Å². The molecule has 1 N–H and O–H groups in total. The SMILES string of the molecule is COc1ccc(CNc2ccc(SC)cc2)cc1C. The number of ether oxygens (including phenoxy) is 1. The highest BCUT2D eigenvalue weighted by atomic mass is 32.2. The largest absolute Gasteiger partial charge is 0.496 e. The lowest BCUT2D eigenvalue weighted by molar-refractivity contribution is 0.411. The van der Waals surface area contributed by atoms with Crippen molar-refractivity contribution < 1.29 is 4.74 Å². The molecule has 2 aromatic rings. The standard InChI is InChI=1S/C16H19NOS/c1-12-10-13(4-9-16(12)18-2)11-17-14-5-7-15(19-3)8-6-14/h4-10,17H,11H2,1-3H3. The average molecular weight is 273 g/mol. The van der Waals surface area contributed by atoms with E-state index in [1.807, 2.05) is 6.07 Å². The minimum Gasteiger partial charge on any atom is -0.496 e. The van der Waals surface area contributed by atoms with Gasteiger partial charge in [-0.2, -0.15) is 0 Å². The molecule has 0 aliphatic carbocycles. The number of nitrogens with one attached hydrogen (secondary N) is 1. The predicted octanol–water partition coefficient (Wildman–Crippen LogP) is 4.34. The van der Waals surface area contributed by atoms with Gasteiger partial charge in [-0.15, -0.1) is 11.8 Å². The maximum absolute atomic E-state index is 5.27. The van der Waals surface area contributed by atoms with Gasteiger partial charge in [0.05, 0.1) is 7.11 Å². The van der Waals surface area contributed by atoms with Crippen LogP contribution in [0.3, 0.4) is 0 Å². The lowest BCUT2D eigenvalue weighted by atomic mass is 10.1. The van der Waals surface area contributed by atoms with Crippen molar-refractivity contribution in [2.75, 3.05) is 18.7 Å². The fourth-order valence-corrected chi connectivity index (χ4v) is 2.37. The van der Waals surface area contributed by atoms with Gasteiger partial charge in [-0.05, 0) is 54.6 Å². The van der Waals surface area contributed by atoms with Crippen molar-refractivity contribution in [2.24, 2.45) is 0 Å². The minimum atomic E-state index is 0.823. The number of anilines is 1. The molecule has 0 unspecified atom stereocenters. The summed E-state index contributed by atoms with van der Waals surface area (Å²) in [7, 11) is 1.70. The third-order valence-electron chi connectivity index (χ3n) is 3.05. The zero-order chi connectivity index (χ0) is 13.7. The van der Waals surface area contributed by atoms with Crippen LogP contribution < -0.4 is 10.1 Å². The number of rotatable bonds is 5. The molecule has 0 bridgehead atoms. The first kappa shape index (κ1) is 13.8. The van der Waals surface area contributed by atoms with E-state index in [0.29, 0.717) is 0 Å². The predicted molar refractivity (Wildman–Crippen MR) is 83.3 cm³/mol. The number of methoxy groups -OCH3 is 1. The maximum atomic E-state index is 5.27. The average Bonchev–Trinajstić information content (AvgIpc) is 2.46.